The Morgan fingerprint density at radius 1 is 1.06 bits per heavy atom. The molecule has 1 atom stereocenters. The molecule has 0 bridgehead atoms. The number of allylic oxidation sites excluding steroid dienone is 1. The van der Waals surface area contributed by atoms with Crippen molar-refractivity contribution in [2.24, 2.45) is 0 Å². The van der Waals surface area contributed by atoms with Crippen LogP contribution >= 0.6 is 0 Å². The van der Waals surface area contributed by atoms with E-state index in [0.29, 0.717) is 42.4 Å². The lowest BCUT2D eigenvalue weighted by Gasteiger charge is -2.30. The zero-order chi connectivity index (χ0) is 22.8. The Kier molecular flexibility index (Phi) is 9.69. The van der Waals surface area contributed by atoms with Gasteiger partial charge in [0.1, 0.15) is 0 Å². The van der Waals surface area contributed by atoms with Gasteiger partial charge in [0.2, 0.25) is 0 Å². The first-order chi connectivity index (χ1) is 14.9. The molecule has 172 valence electrons. The van der Waals surface area contributed by atoms with Gasteiger partial charge in [0.25, 0.3) is 0 Å². The van der Waals surface area contributed by atoms with Gasteiger partial charge in [0.15, 0.2) is 11.5 Å². The Bertz CT molecular complexity index is 788. The number of unbranched alkanes of at least 4 members (excludes halogenated alkanes) is 2. The zero-order valence-corrected chi connectivity index (χ0v) is 19.4. The fourth-order valence-corrected chi connectivity index (χ4v) is 3.46. The van der Waals surface area contributed by atoms with Gasteiger partial charge < -0.3 is 24.8 Å². The summed E-state index contributed by atoms with van der Waals surface area (Å²) in [5, 5.41) is 5.65. The second kappa shape index (κ2) is 12.2. The average Bonchev–Trinajstić information content (AvgIpc) is 2.71. The van der Waals surface area contributed by atoms with Crippen LogP contribution in [0.25, 0.3) is 0 Å². The lowest BCUT2D eigenvalue weighted by atomic mass is 9.93. The molecular weight excluding hydrogens is 396 g/mol. The number of urea groups is 1. The molecular formula is C24H36N2O5. The highest BCUT2D eigenvalue weighted by molar-refractivity contribution is 5.95. The van der Waals surface area contributed by atoms with Crippen LogP contribution < -0.4 is 20.1 Å². The predicted octanol–water partition coefficient (Wildman–Crippen LogP) is 5.01. The van der Waals surface area contributed by atoms with E-state index in [1.165, 1.54) is 0 Å². The van der Waals surface area contributed by atoms with Gasteiger partial charge in [0.05, 0.1) is 30.9 Å². The summed E-state index contributed by atoms with van der Waals surface area (Å²) in [5.41, 5.74) is 1.76. The average molecular weight is 433 g/mol. The van der Waals surface area contributed by atoms with Crippen LogP contribution in [0, 0.1) is 0 Å². The Hall–Kier alpha value is -2.70. The minimum atomic E-state index is -0.630. The van der Waals surface area contributed by atoms with Crippen molar-refractivity contribution < 1.29 is 23.8 Å². The molecule has 0 fully saturated rings. The van der Waals surface area contributed by atoms with Crippen LogP contribution in [0.2, 0.25) is 0 Å². The monoisotopic (exact) mass is 432 g/mol. The molecule has 2 N–H and O–H groups in total. The molecule has 1 aromatic carbocycles. The molecule has 1 aliphatic heterocycles. The Labute approximate surface area is 185 Å². The first kappa shape index (κ1) is 24.6. The van der Waals surface area contributed by atoms with Crippen molar-refractivity contribution in [3.05, 3.63) is 35.0 Å². The van der Waals surface area contributed by atoms with E-state index in [1.54, 1.807) is 13.8 Å². The van der Waals surface area contributed by atoms with E-state index in [1.807, 2.05) is 32.0 Å². The SMILES string of the molecule is CCCCCOc1ccc(C2NC(=O)NC(CCC)=C2C(=O)OC(C)C)cc1OCC. The maximum absolute atomic E-state index is 12.9. The molecule has 1 heterocycles. The highest BCUT2D eigenvalue weighted by atomic mass is 16.5. The number of hydrogen-bond acceptors (Lipinski definition) is 5. The molecule has 1 aliphatic rings. The fourth-order valence-electron chi connectivity index (χ4n) is 3.46. The summed E-state index contributed by atoms with van der Waals surface area (Å²) < 4.78 is 17.2. The molecule has 2 amide bonds. The van der Waals surface area contributed by atoms with E-state index in [4.69, 9.17) is 14.2 Å². The van der Waals surface area contributed by atoms with E-state index in [9.17, 15) is 9.59 Å². The van der Waals surface area contributed by atoms with Gasteiger partial charge in [-0.25, -0.2) is 9.59 Å². The maximum atomic E-state index is 12.9. The molecule has 0 saturated heterocycles. The van der Waals surface area contributed by atoms with Crippen LogP contribution in [0.5, 0.6) is 11.5 Å². The number of amides is 2. The maximum Gasteiger partial charge on any atom is 0.338 e. The predicted molar refractivity (Wildman–Crippen MR) is 120 cm³/mol. The molecule has 0 spiro atoms. The van der Waals surface area contributed by atoms with Crippen LogP contribution in [0.15, 0.2) is 29.5 Å². The largest absolute Gasteiger partial charge is 0.490 e. The van der Waals surface area contributed by atoms with E-state index in [2.05, 4.69) is 17.6 Å². The molecule has 1 unspecified atom stereocenters. The van der Waals surface area contributed by atoms with Crippen molar-refractivity contribution in [2.45, 2.75) is 78.9 Å². The highest BCUT2D eigenvalue weighted by Gasteiger charge is 2.34. The number of carbonyl (C=O) groups is 2. The van der Waals surface area contributed by atoms with Crippen molar-refractivity contribution in [2.75, 3.05) is 13.2 Å². The van der Waals surface area contributed by atoms with Crippen molar-refractivity contribution in [3.8, 4) is 11.5 Å². The second-order valence-electron chi connectivity index (χ2n) is 7.82. The van der Waals surface area contributed by atoms with Crippen molar-refractivity contribution in [1.82, 2.24) is 10.6 Å². The van der Waals surface area contributed by atoms with Crippen LogP contribution in [-0.4, -0.2) is 31.3 Å². The third-order valence-electron chi connectivity index (χ3n) is 4.82. The Morgan fingerprint density at radius 3 is 2.48 bits per heavy atom. The summed E-state index contributed by atoms with van der Waals surface area (Å²) in [6, 6.07) is 4.56. The van der Waals surface area contributed by atoms with E-state index < -0.39 is 12.0 Å². The molecule has 0 aromatic heterocycles. The van der Waals surface area contributed by atoms with Gasteiger partial charge in [-0.05, 0) is 51.3 Å². The number of hydrogen-bond donors (Lipinski definition) is 2. The number of benzene rings is 1. The summed E-state index contributed by atoms with van der Waals surface area (Å²) in [6.07, 6.45) is 4.30. The molecule has 7 nitrogen and oxygen atoms in total. The van der Waals surface area contributed by atoms with Crippen molar-refractivity contribution in [3.63, 3.8) is 0 Å². The zero-order valence-electron chi connectivity index (χ0n) is 19.4. The first-order valence-electron chi connectivity index (χ1n) is 11.3. The highest BCUT2D eigenvalue weighted by Crippen LogP contribution is 2.35. The molecule has 0 saturated carbocycles. The topological polar surface area (TPSA) is 85.9 Å². The lowest BCUT2D eigenvalue weighted by Crippen LogP contribution is -2.46. The van der Waals surface area contributed by atoms with Gasteiger partial charge in [0, 0.05) is 5.70 Å². The van der Waals surface area contributed by atoms with Gasteiger partial charge in [-0.1, -0.05) is 39.2 Å². The fraction of sp³-hybridized carbons (Fsp3) is 0.583. The van der Waals surface area contributed by atoms with Crippen LogP contribution in [0.1, 0.15) is 78.3 Å². The molecule has 0 aliphatic carbocycles. The normalized spacial score (nSPS) is 16.1. The van der Waals surface area contributed by atoms with Crippen LogP contribution in [-0.2, 0) is 9.53 Å². The summed E-state index contributed by atoms with van der Waals surface area (Å²) in [7, 11) is 0. The lowest BCUT2D eigenvalue weighted by molar-refractivity contribution is -0.143. The smallest absolute Gasteiger partial charge is 0.338 e. The summed E-state index contributed by atoms with van der Waals surface area (Å²) in [5.74, 6) is 0.817. The van der Waals surface area contributed by atoms with Crippen molar-refractivity contribution >= 4 is 12.0 Å². The molecule has 31 heavy (non-hydrogen) atoms. The first-order valence-corrected chi connectivity index (χ1v) is 11.3. The summed E-state index contributed by atoms with van der Waals surface area (Å²) in [4.78, 5) is 25.3. The number of rotatable bonds is 12. The van der Waals surface area contributed by atoms with E-state index in [-0.39, 0.29) is 12.1 Å². The minimum absolute atomic E-state index is 0.265. The van der Waals surface area contributed by atoms with Gasteiger partial charge in [-0.2, -0.15) is 0 Å². The van der Waals surface area contributed by atoms with Crippen LogP contribution in [0.3, 0.4) is 0 Å². The Balaban J connectivity index is 2.41. The molecule has 7 heteroatoms. The number of carbonyl (C=O) groups excluding carboxylic acids is 2. The van der Waals surface area contributed by atoms with E-state index in [0.717, 1.165) is 31.2 Å². The van der Waals surface area contributed by atoms with Crippen molar-refractivity contribution in [1.29, 1.82) is 0 Å². The van der Waals surface area contributed by atoms with Gasteiger partial charge >= 0.3 is 12.0 Å². The third kappa shape index (κ3) is 6.91. The Morgan fingerprint density at radius 2 is 1.84 bits per heavy atom. The summed E-state index contributed by atoms with van der Waals surface area (Å²) >= 11 is 0. The quantitative estimate of drug-likeness (QED) is 0.358. The standard InChI is InChI=1S/C24H36N2O5/c1-6-9-10-14-30-19-13-12-17(15-20(19)29-8-3)22-21(23(27)31-16(4)5)18(11-7-2)25-24(28)26-22/h12-13,15-16,22H,6-11,14H2,1-5H3,(H2,25,26,28). The van der Waals surface area contributed by atoms with Gasteiger partial charge in [-0.15, -0.1) is 0 Å². The number of ether oxygens (including phenoxy) is 3. The second-order valence-corrected chi connectivity index (χ2v) is 7.82. The summed E-state index contributed by atoms with van der Waals surface area (Å²) in [6.45, 7) is 10.8. The number of esters is 1. The molecule has 2 rings (SSSR count). The van der Waals surface area contributed by atoms with Crippen LogP contribution in [0.4, 0.5) is 4.79 Å². The minimum Gasteiger partial charge on any atom is -0.490 e. The third-order valence-corrected chi connectivity index (χ3v) is 4.82. The van der Waals surface area contributed by atoms with Gasteiger partial charge in [-0.3, -0.25) is 0 Å². The number of nitrogens with one attached hydrogen (secondary N) is 2. The molecule has 0 radical (unpaired) electrons. The van der Waals surface area contributed by atoms with E-state index >= 15 is 0 Å². The molecule has 1 aromatic rings.